The SMILES string of the molecule is CCS(=O)(=O)C1Nn2cc(-c3ccccn3)nc2S1. The Balaban J connectivity index is 1.88. The number of thioether (sulfide) groups is 1. The Hall–Kier alpha value is -1.54. The molecular formula is C11H12N4O2S2. The molecule has 0 aliphatic carbocycles. The zero-order valence-electron chi connectivity index (χ0n) is 10.1. The quantitative estimate of drug-likeness (QED) is 0.920. The van der Waals surface area contributed by atoms with E-state index in [0.717, 1.165) is 11.4 Å². The van der Waals surface area contributed by atoms with E-state index in [-0.39, 0.29) is 5.75 Å². The van der Waals surface area contributed by atoms with Crippen LogP contribution in [0.5, 0.6) is 0 Å². The molecule has 0 aromatic carbocycles. The lowest BCUT2D eigenvalue weighted by Gasteiger charge is -2.09. The van der Waals surface area contributed by atoms with Gasteiger partial charge in [0.05, 0.1) is 17.6 Å². The maximum Gasteiger partial charge on any atom is 0.197 e. The van der Waals surface area contributed by atoms with Crippen molar-refractivity contribution in [2.45, 2.75) is 16.8 Å². The van der Waals surface area contributed by atoms with E-state index in [0.29, 0.717) is 5.16 Å². The molecule has 6 nitrogen and oxygen atoms in total. The van der Waals surface area contributed by atoms with Crippen molar-refractivity contribution >= 4 is 21.6 Å². The maximum absolute atomic E-state index is 11.8. The minimum atomic E-state index is -3.14. The summed E-state index contributed by atoms with van der Waals surface area (Å²) in [5, 5.41) is 0.641. The van der Waals surface area contributed by atoms with Gasteiger partial charge in [0.15, 0.2) is 19.7 Å². The van der Waals surface area contributed by atoms with E-state index in [1.54, 1.807) is 24.0 Å². The van der Waals surface area contributed by atoms with Crippen molar-refractivity contribution in [1.82, 2.24) is 14.6 Å². The molecule has 0 amide bonds. The van der Waals surface area contributed by atoms with Gasteiger partial charge in [-0.05, 0) is 23.9 Å². The van der Waals surface area contributed by atoms with E-state index in [1.807, 2.05) is 18.2 Å². The van der Waals surface area contributed by atoms with Crippen molar-refractivity contribution in [2.75, 3.05) is 11.2 Å². The minimum absolute atomic E-state index is 0.107. The summed E-state index contributed by atoms with van der Waals surface area (Å²) in [5.74, 6) is 0.107. The van der Waals surface area contributed by atoms with E-state index in [4.69, 9.17) is 0 Å². The standard InChI is InChI=1S/C11H12N4O2S2/c1-2-19(16,17)11-14-15-7-9(13-10(15)18-11)8-5-3-4-6-12-8/h3-7,11,14H,2H2,1H3. The highest BCUT2D eigenvalue weighted by molar-refractivity contribution is 8.13. The van der Waals surface area contributed by atoms with Crippen LogP contribution in [0.2, 0.25) is 0 Å². The van der Waals surface area contributed by atoms with Gasteiger partial charge in [0.1, 0.15) is 5.69 Å². The summed E-state index contributed by atoms with van der Waals surface area (Å²) in [4.78, 5) is 8.61. The van der Waals surface area contributed by atoms with Gasteiger partial charge in [0.25, 0.3) is 0 Å². The fraction of sp³-hybridized carbons (Fsp3) is 0.273. The van der Waals surface area contributed by atoms with E-state index in [9.17, 15) is 8.42 Å². The van der Waals surface area contributed by atoms with Gasteiger partial charge >= 0.3 is 0 Å². The third kappa shape index (κ3) is 2.21. The van der Waals surface area contributed by atoms with Crippen LogP contribution in [-0.4, -0.2) is 33.5 Å². The highest BCUT2D eigenvalue weighted by atomic mass is 32.3. The molecule has 2 aromatic rings. The largest absolute Gasteiger partial charge is 0.296 e. The molecule has 19 heavy (non-hydrogen) atoms. The summed E-state index contributed by atoms with van der Waals surface area (Å²) >= 11 is 1.21. The van der Waals surface area contributed by atoms with Crippen molar-refractivity contribution in [3.05, 3.63) is 30.6 Å². The van der Waals surface area contributed by atoms with E-state index in [2.05, 4.69) is 15.4 Å². The Morgan fingerprint density at radius 2 is 2.26 bits per heavy atom. The van der Waals surface area contributed by atoms with E-state index >= 15 is 0 Å². The van der Waals surface area contributed by atoms with Crippen LogP contribution in [-0.2, 0) is 9.84 Å². The molecule has 1 aliphatic rings. The Labute approximate surface area is 115 Å². The molecule has 0 bridgehead atoms. The molecule has 2 aromatic heterocycles. The molecule has 0 saturated carbocycles. The van der Waals surface area contributed by atoms with Gasteiger partial charge in [-0.3, -0.25) is 10.4 Å². The Morgan fingerprint density at radius 3 is 2.89 bits per heavy atom. The molecule has 0 saturated heterocycles. The van der Waals surface area contributed by atoms with Crippen molar-refractivity contribution < 1.29 is 8.42 Å². The van der Waals surface area contributed by atoms with Crippen LogP contribution in [0.4, 0.5) is 0 Å². The molecule has 1 unspecified atom stereocenters. The lowest BCUT2D eigenvalue weighted by atomic mass is 10.3. The minimum Gasteiger partial charge on any atom is -0.296 e. The Kier molecular flexibility index (Phi) is 2.98. The second-order valence-electron chi connectivity index (χ2n) is 4.02. The first kappa shape index (κ1) is 12.5. The second-order valence-corrected chi connectivity index (χ2v) is 7.77. The molecule has 100 valence electrons. The lowest BCUT2D eigenvalue weighted by molar-refractivity contribution is 0.594. The predicted molar refractivity (Wildman–Crippen MR) is 73.9 cm³/mol. The summed E-state index contributed by atoms with van der Waals surface area (Å²) in [6, 6.07) is 5.59. The summed E-state index contributed by atoms with van der Waals surface area (Å²) in [6.07, 6.45) is 3.46. The fourth-order valence-electron chi connectivity index (χ4n) is 1.72. The summed E-state index contributed by atoms with van der Waals surface area (Å²) in [5.41, 5.74) is 4.41. The number of nitrogens with one attached hydrogen (secondary N) is 1. The lowest BCUT2D eigenvalue weighted by Crippen LogP contribution is -2.28. The molecule has 8 heteroatoms. The van der Waals surface area contributed by atoms with Crippen LogP contribution in [0.3, 0.4) is 0 Å². The number of imidazole rings is 1. The number of fused-ring (bicyclic) bond motifs is 1. The predicted octanol–water partition coefficient (Wildman–Crippen LogP) is 1.31. The average Bonchev–Trinajstić information content (AvgIpc) is 2.98. The third-order valence-electron chi connectivity index (χ3n) is 2.79. The molecule has 1 aliphatic heterocycles. The molecule has 0 radical (unpaired) electrons. The topological polar surface area (TPSA) is 76.9 Å². The number of sulfone groups is 1. The Morgan fingerprint density at radius 1 is 1.42 bits per heavy atom. The smallest absolute Gasteiger partial charge is 0.197 e. The first-order chi connectivity index (χ1) is 9.10. The molecule has 1 atom stereocenters. The maximum atomic E-state index is 11.8. The van der Waals surface area contributed by atoms with Crippen LogP contribution in [0.15, 0.2) is 35.7 Å². The van der Waals surface area contributed by atoms with Gasteiger partial charge in [-0.25, -0.2) is 18.1 Å². The zero-order valence-corrected chi connectivity index (χ0v) is 11.8. The van der Waals surface area contributed by atoms with Gasteiger partial charge in [-0.2, -0.15) is 0 Å². The van der Waals surface area contributed by atoms with Crippen LogP contribution in [0, 0.1) is 0 Å². The number of nitrogens with zero attached hydrogens (tertiary/aromatic N) is 3. The van der Waals surface area contributed by atoms with Crippen molar-refractivity contribution in [3.63, 3.8) is 0 Å². The average molecular weight is 296 g/mol. The van der Waals surface area contributed by atoms with Crippen molar-refractivity contribution in [1.29, 1.82) is 0 Å². The first-order valence-electron chi connectivity index (χ1n) is 5.76. The number of hydrogen-bond donors (Lipinski definition) is 1. The van der Waals surface area contributed by atoms with Crippen molar-refractivity contribution in [2.24, 2.45) is 0 Å². The fourth-order valence-corrected chi connectivity index (χ4v) is 4.27. The number of aromatic nitrogens is 3. The van der Waals surface area contributed by atoms with Gasteiger partial charge in [0, 0.05) is 6.20 Å². The van der Waals surface area contributed by atoms with Crippen LogP contribution < -0.4 is 5.43 Å². The highest BCUT2D eigenvalue weighted by Crippen LogP contribution is 2.33. The molecular weight excluding hydrogens is 284 g/mol. The van der Waals surface area contributed by atoms with Gasteiger partial charge in [-0.15, -0.1) is 0 Å². The van der Waals surface area contributed by atoms with Crippen LogP contribution >= 0.6 is 11.8 Å². The molecule has 0 fully saturated rings. The second kappa shape index (κ2) is 4.53. The summed E-state index contributed by atoms with van der Waals surface area (Å²) in [7, 11) is -3.14. The third-order valence-corrected chi connectivity index (χ3v) is 6.34. The van der Waals surface area contributed by atoms with Crippen molar-refractivity contribution in [3.8, 4) is 11.4 Å². The molecule has 3 heterocycles. The monoisotopic (exact) mass is 296 g/mol. The Bertz CT molecular complexity index is 673. The van der Waals surface area contributed by atoms with Gasteiger partial charge in [-0.1, -0.05) is 13.0 Å². The first-order valence-corrected chi connectivity index (χ1v) is 8.35. The van der Waals surface area contributed by atoms with Crippen LogP contribution in [0.25, 0.3) is 11.4 Å². The van der Waals surface area contributed by atoms with Crippen LogP contribution in [0.1, 0.15) is 6.92 Å². The number of pyridine rings is 1. The molecule has 3 rings (SSSR count). The molecule has 0 spiro atoms. The van der Waals surface area contributed by atoms with Gasteiger partial charge in [0.2, 0.25) is 0 Å². The van der Waals surface area contributed by atoms with E-state index < -0.39 is 14.5 Å². The summed E-state index contributed by atoms with van der Waals surface area (Å²) < 4.78 is 24.6. The molecule has 1 N–H and O–H groups in total. The highest BCUT2D eigenvalue weighted by Gasteiger charge is 2.33. The van der Waals surface area contributed by atoms with E-state index in [1.165, 1.54) is 11.8 Å². The zero-order chi connectivity index (χ0) is 13.5. The van der Waals surface area contributed by atoms with Gasteiger partial charge < -0.3 is 0 Å². The number of rotatable bonds is 3. The normalized spacial score (nSPS) is 18.1. The number of hydrogen-bond acceptors (Lipinski definition) is 6. The summed E-state index contributed by atoms with van der Waals surface area (Å²) in [6.45, 7) is 1.64.